The summed E-state index contributed by atoms with van der Waals surface area (Å²) in [6.45, 7) is 1.58. The lowest BCUT2D eigenvalue weighted by Crippen LogP contribution is -2.24. The van der Waals surface area contributed by atoms with Crippen LogP contribution in [0.15, 0.2) is 115 Å². The Hall–Kier alpha value is -5.11. The van der Waals surface area contributed by atoms with Crippen LogP contribution in [0.2, 0.25) is 0 Å². The van der Waals surface area contributed by atoms with E-state index in [4.69, 9.17) is 5.73 Å². The van der Waals surface area contributed by atoms with Gasteiger partial charge < -0.3 is 26.2 Å². The van der Waals surface area contributed by atoms with E-state index in [9.17, 15) is 19.8 Å². The van der Waals surface area contributed by atoms with Crippen molar-refractivity contribution in [2.75, 3.05) is 4.90 Å². The first-order chi connectivity index (χ1) is 17.9. The number of pyridine rings is 1. The van der Waals surface area contributed by atoms with Crippen LogP contribution in [-0.4, -0.2) is 27.1 Å². The molecule has 37 heavy (non-hydrogen) atoms. The zero-order chi connectivity index (χ0) is 26.4. The summed E-state index contributed by atoms with van der Waals surface area (Å²) in [5.74, 6) is -2.28. The molecule has 0 fully saturated rings. The molecule has 1 aliphatic rings. The average Bonchev–Trinajstić information content (AvgIpc) is 2.93. The van der Waals surface area contributed by atoms with Gasteiger partial charge in [0.25, 0.3) is 0 Å². The first-order valence-corrected chi connectivity index (χ1v) is 11.5. The van der Waals surface area contributed by atoms with E-state index in [1.807, 2.05) is 79.0 Å². The minimum atomic E-state index is -1.14. The molecule has 0 radical (unpaired) electrons. The van der Waals surface area contributed by atoms with Gasteiger partial charge in [0.2, 0.25) is 0 Å². The summed E-state index contributed by atoms with van der Waals surface area (Å²) in [6, 6.07) is 22.2. The molecule has 3 aromatic rings. The van der Waals surface area contributed by atoms with E-state index < -0.39 is 18.0 Å². The summed E-state index contributed by atoms with van der Waals surface area (Å²) in [5, 5.41) is 22.2. The zero-order valence-corrected chi connectivity index (χ0v) is 20.1. The summed E-state index contributed by atoms with van der Waals surface area (Å²) in [4.78, 5) is 29.8. The van der Waals surface area contributed by atoms with Crippen molar-refractivity contribution in [1.29, 1.82) is 0 Å². The van der Waals surface area contributed by atoms with E-state index in [2.05, 4.69) is 15.2 Å². The lowest BCUT2D eigenvalue weighted by molar-refractivity contribution is -0.132. The molecular formula is C29H26N4O4. The van der Waals surface area contributed by atoms with E-state index >= 15 is 0 Å². The first-order valence-electron chi connectivity index (χ1n) is 11.5. The van der Waals surface area contributed by atoms with E-state index in [0.29, 0.717) is 5.69 Å². The summed E-state index contributed by atoms with van der Waals surface area (Å²) in [5.41, 5.74) is 9.58. The van der Waals surface area contributed by atoms with Crippen LogP contribution in [0.3, 0.4) is 0 Å². The van der Waals surface area contributed by atoms with Gasteiger partial charge in [-0.05, 0) is 55.5 Å². The minimum absolute atomic E-state index is 0.00567. The highest BCUT2D eigenvalue weighted by Crippen LogP contribution is 2.32. The first kappa shape index (κ1) is 25.0. The van der Waals surface area contributed by atoms with Gasteiger partial charge in [-0.2, -0.15) is 0 Å². The summed E-state index contributed by atoms with van der Waals surface area (Å²) < 4.78 is 0. The standard InChI is InChI=1S/C29H26N4O4/c1-2-19(28(34)35)15-24(30)26-16-20(29(36)37)17-27(32-26)25-14-13-23(18-31-25)33(21-9-5-3-6-10-21)22-11-7-4-8-12-22/h2-18,25,31H,30H2,1H3,(H,34,35)(H,36,37)/b19-2+,24-15-. The maximum atomic E-state index is 11.8. The number of carboxylic acids is 2. The molecule has 1 aliphatic heterocycles. The SMILES string of the molecule is C/C=C(\C=C(/N)c1cc(C(=O)O)cc(C2C=CC(N(c3ccccc3)c3ccccc3)=CN2)n1)C(=O)O. The van der Waals surface area contributed by atoms with E-state index in [1.54, 1.807) is 6.92 Å². The molecule has 1 atom stereocenters. The number of para-hydroxylation sites is 2. The van der Waals surface area contributed by atoms with Crippen molar-refractivity contribution in [2.24, 2.45) is 5.73 Å². The molecule has 0 saturated carbocycles. The van der Waals surface area contributed by atoms with Crippen LogP contribution in [0.4, 0.5) is 11.4 Å². The quantitative estimate of drug-likeness (QED) is 0.255. The molecule has 2 aromatic carbocycles. The lowest BCUT2D eigenvalue weighted by Gasteiger charge is -2.29. The Morgan fingerprint density at radius 2 is 1.62 bits per heavy atom. The summed E-state index contributed by atoms with van der Waals surface area (Å²) in [7, 11) is 0. The molecular weight excluding hydrogens is 468 g/mol. The predicted molar refractivity (Wildman–Crippen MR) is 143 cm³/mol. The van der Waals surface area contributed by atoms with Crippen LogP contribution in [0.1, 0.15) is 34.7 Å². The van der Waals surface area contributed by atoms with Gasteiger partial charge in [-0.3, -0.25) is 0 Å². The molecule has 5 N–H and O–H groups in total. The second-order valence-electron chi connectivity index (χ2n) is 8.20. The number of hydrogen-bond acceptors (Lipinski definition) is 6. The second kappa shape index (κ2) is 11.1. The van der Waals surface area contributed by atoms with Gasteiger partial charge in [0.1, 0.15) is 0 Å². The Kier molecular flexibility index (Phi) is 7.49. The number of dihydropyridines is 1. The molecule has 186 valence electrons. The number of carboxylic acid groups (broad SMARTS) is 2. The van der Waals surface area contributed by atoms with E-state index in [-0.39, 0.29) is 22.5 Å². The maximum absolute atomic E-state index is 11.8. The highest BCUT2D eigenvalue weighted by atomic mass is 16.4. The monoisotopic (exact) mass is 494 g/mol. The topological polar surface area (TPSA) is 129 Å². The van der Waals surface area contributed by atoms with Gasteiger partial charge in [0, 0.05) is 17.6 Å². The molecule has 0 saturated heterocycles. The van der Waals surface area contributed by atoms with Crippen molar-refractivity contribution in [2.45, 2.75) is 13.0 Å². The van der Waals surface area contributed by atoms with Crippen molar-refractivity contribution in [3.8, 4) is 0 Å². The smallest absolute Gasteiger partial charge is 0.335 e. The number of carbonyl (C=O) groups is 2. The Morgan fingerprint density at radius 3 is 2.11 bits per heavy atom. The highest BCUT2D eigenvalue weighted by Gasteiger charge is 2.20. The Balaban J connectivity index is 1.67. The van der Waals surface area contributed by atoms with Crippen LogP contribution in [-0.2, 0) is 4.79 Å². The van der Waals surface area contributed by atoms with Crippen LogP contribution < -0.4 is 16.0 Å². The molecule has 0 bridgehead atoms. The maximum Gasteiger partial charge on any atom is 0.335 e. The van der Waals surface area contributed by atoms with Crippen LogP contribution in [0.5, 0.6) is 0 Å². The summed E-state index contributed by atoms with van der Waals surface area (Å²) in [6.07, 6.45) is 8.35. The number of aliphatic carboxylic acids is 1. The molecule has 2 heterocycles. The molecule has 0 amide bonds. The summed E-state index contributed by atoms with van der Waals surface area (Å²) >= 11 is 0. The number of aromatic carboxylic acids is 1. The largest absolute Gasteiger partial charge is 0.478 e. The van der Waals surface area contributed by atoms with Crippen molar-refractivity contribution in [3.05, 3.63) is 132 Å². The van der Waals surface area contributed by atoms with Gasteiger partial charge in [0.15, 0.2) is 0 Å². The van der Waals surface area contributed by atoms with Crippen LogP contribution >= 0.6 is 0 Å². The number of benzene rings is 2. The fourth-order valence-electron chi connectivity index (χ4n) is 3.89. The van der Waals surface area contributed by atoms with Gasteiger partial charge in [-0.15, -0.1) is 0 Å². The minimum Gasteiger partial charge on any atom is -0.478 e. The number of aromatic nitrogens is 1. The lowest BCUT2D eigenvalue weighted by atomic mass is 10.0. The number of nitrogens with two attached hydrogens (primary N) is 1. The molecule has 8 heteroatoms. The molecule has 0 aliphatic carbocycles. The highest BCUT2D eigenvalue weighted by molar-refractivity contribution is 5.93. The molecule has 1 aromatic heterocycles. The third kappa shape index (κ3) is 5.76. The Morgan fingerprint density at radius 1 is 1.00 bits per heavy atom. The van der Waals surface area contributed by atoms with Gasteiger partial charge >= 0.3 is 11.9 Å². The Labute approximate surface area is 214 Å². The van der Waals surface area contributed by atoms with E-state index in [0.717, 1.165) is 17.1 Å². The van der Waals surface area contributed by atoms with Crippen LogP contribution in [0, 0.1) is 0 Å². The van der Waals surface area contributed by atoms with Crippen molar-refractivity contribution >= 4 is 29.0 Å². The zero-order valence-electron chi connectivity index (χ0n) is 20.1. The predicted octanol–water partition coefficient (Wildman–Crippen LogP) is 4.99. The number of hydrogen-bond donors (Lipinski definition) is 4. The molecule has 1 unspecified atom stereocenters. The number of allylic oxidation sites excluding steroid dienone is 2. The van der Waals surface area contributed by atoms with Gasteiger partial charge in [-0.25, -0.2) is 14.6 Å². The molecule has 8 nitrogen and oxygen atoms in total. The van der Waals surface area contributed by atoms with Crippen molar-refractivity contribution in [1.82, 2.24) is 10.3 Å². The normalized spacial score (nSPS) is 15.5. The Bertz CT molecular complexity index is 1390. The number of anilines is 2. The number of rotatable bonds is 8. The molecule has 0 spiro atoms. The van der Waals surface area contributed by atoms with Crippen LogP contribution in [0.25, 0.3) is 5.70 Å². The van der Waals surface area contributed by atoms with Crippen molar-refractivity contribution < 1.29 is 19.8 Å². The molecule has 4 rings (SSSR count). The number of nitrogens with one attached hydrogen (secondary N) is 1. The van der Waals surface area contributed by atoms with E-state index in [1.165, 1.54) is 24.3 Å². The average molecular weight is 495 g/mol. The van der Waals surface area contributed by atoms with Crippen molar-refractivity contribution in [3.63, 3.8) is 0 Å². The number of nitrogens with zero attached hydrogens (tertiary/aromatic N) is 2. The fourth-order valence-corrected chi connectivity index (χ4v) is 3.89. The van der Waals surface area contributed by atoms with Gasteiger partial charge in [0.05, 0.1) is 40.0 Å². The third-order valence-corrected chi connectivity index (χ3v) is 5.73. The van der Waals surface area contributed by atoms with Gasteiger partial charge in [-0.1, -0.05) is 48.6 Å². The fraction of sp³-hybridized carbons (Fsp3) is 0.0690. The third-order valence-electron chi connectivity index (χ3n) is 5.73. The second-order valence-corrected chi connectivity index (χ2v) is 8.20.